The molecule has 1 unspecified atom stereocenters. The molecule has 4 heteroatoms. The van der Waals surface area contributed by atoms with Crippen LogP contribution < -0.4 is 5.73 Å². The molecular weight excluding hydrogens is 325 g/mol. The number of nitrogens with two attached hydrogens (primary N) is 1. The Morgan fingerprint density at radius 2 is 2.06 bits per heavy atom. The van der Waals surface area contributed by atoms with Crippen molar-refractivity contribution in [2.75, 3.05) is 19.6 Å². The van der Waals surface area contributed by atoms with Crippen LogP contribution >= 0.6 is 24.0 Å². The summed E-state index contributed by atoms with van der Waals surface area (Å²) in [6.07, 6.45) is 8.09. The third kappa shape index (κ3) is 4.64. The van der Waals surface area contributed by atoms with Crippen molar-refractivity contribution in [3.8, 4) is 0 Å². The molecular formula is C13H26IN3. The molecule has 0 spiro atoms. The highest BCUT2D eigenvalue weighted by molar-refractivity contribution is 14.0. The molecule has 17 heavy (non-hydrogen) atoms. The molecule has 1 saturated carbocycles. The molecule has 100 valence electrons. The van der Waals surface area contributed by atoms with Gasteiger partial charge in [0, 0.05) is 19.6 Å². The third-order valence-electron chi connectivity index (χ3n) is 4.02. The fourth-order valence-electron chi connectivity index (χ4n) is 2.64. The summed E-state index contributed by atoms with van der Waals surface area (Å²) in [5.41, 5.74) is 6.03. The van der Waals surface area contributed by atoms with E-state index in [9.17, 15) is 0 Å². The normalized spacial score (nSPS) is 26.3. The molecule has 0 aromatic carbocycles. The lowest BCUT2D eigenvalue weighted by Gasteiger charge is -2.32. The maximum atomic E-state index is 6.03. The van der Waals surface area contributed by atoms with Crippen LogP contribution in [-0.4, -0.2) is 30.5 Å². The highest BCUT2D eigenvalue weighted by Gasteiger charge is 2.18. The quantitative estimate of drug-likeness (QED) is 0.483. The van der Waals surface area contributed by atoms with E-state index in [0.29, 0.717) is 0 Å². The number of halogens is 1. The van der Waals surface area contributed by atoms with Crippen molar-refractivity contribution >= 4 is 29.9 Å². The zero-order valence-corrected chi connectivity index (χ0v) is 13.2. The van der Waals surface area contributed by atoms with Gasteiger partial charge in [0.05, 0.1) is 0 Å². The largest absolute Gasteiger partial charge is 0.370 e. The van der Waals surface area contributed by atoms with Crippen molar-refractivity contribution in [1.82, 2.24) is 4.90 Å². The lowest BCUT2D eigenvalue weighted by molar-refractivity contribution is 0.268. The fourth-order valence-corrected chi connectivity index (χ4v) is 2.64. The van der Waals surface area contributed by atoms with E-state index >= 15 is 0 Å². The second kappa shape index (κ2) is 7.44. The molecule has 0 amide bonds. The predicted molar refractivity (Wildman–Crippen MR) is 83.8 cm³/mol. The summed E-state index contributed by atoms with van der Waals surface area (Å²) in [6, 6.07) is 0. The lowest BCUT2D eigenvalue weighted by Crippen LogP contribution is -2.43. The Kier molecular flexibility index (Phi) is 6.59. The first-order chi connectivity index (χ1) is 7.75. The zero-order chi connectivity index (χ0) is 11.4. The smallest absolute Gasteiger partial charge is 0.191 e. The zero-order valence-electron chi connectivity index (χ0n) is 10.9. The highest BCUT2D eigenvalue weighted by atomic mass is 127. The molecule has 0 aromatic rings. The first-order valence-electron chi connectivity index (χ1n) is 6.80. The Morgan fingerprint density at radius 1 is 1.29 bits per heavy atom. The van der Waals surface area contributed by atoms with Gasteiger partial charge in [0.25, 0.3) is 0 Å². The van der Waals surface area contributed by atoms with Gasteiger partial charge in [-0.1, -0.05) is 26.2 Å². The van der Waals surface area contributed by atoms with E-state index in [1.165, 1.54) is 38.5 Å². The molecule has 2 fully saturated rings. The van der Waals surface area contributed by atoms with Crippen LogP contribution in [0, 0.1) is 11.8 Å². The van der Waals surface area contributed by atoms with Gasteiger partial charge in [-0.15, -0.1) is 24.0 Å². The van der Waals surface area contributed by atoms with Gasteiger partial charge in [-0.05, 0) is 31.1 Å². The van der Waals surface area contributed by atoms with Crippen LogP contribution in [0.15, 0.2) is 4.99 Å². The van der Waals surface area contributed by atoms with Crippen molar-refractivity contribution in [2.24, 2.45) is 22.6 Å². The van der Waals surface area contributed by atoms with Gasteiger partial charge >= 0.3 is 0 Å². The van der Waals surface area contributed by atoms with E-state index in [1.807, 2.05) is 0 Å². The molecule has 2 aliphatic rings. The van der Waals surface area contributed by atoms with Crippen molar-refractivity contribution in [3.05, 3.63) is 0 Å². The van der Waals surface area contributed by atoms with E-state index in [-0.39, 0.29) is 24.0 Å². The summed E-state index contributed by atoms with van der Waals surface area (Å²) in [5.74, 6) is 2.50. The first-order valence-corrected chi connectivity index (χ1v) is 6.80. The third-order valence-corrected chi connectivity index (χ3v) is 4.02. The number of rotatable bonds is 3. The fraction of sp³-hybridized carbons (Fsp3) is 0.923. The Balaban J connectivity index is 0.00000144. The number of hydrogen-bond donors (Lipinski definition) is 1. The molecule has 1 heterocycles. The summed E-state index contributed by atoms with van der Waals surface area (Å²) >= 11 is 0. The van der Waals surface area contributed by atoms with Gasteiger partial charge in [0.15, 0.2) is 5.96 Å². The highest BCUT2D eigenvalue weighted by Crippen LogP contribution is 2.29. The Morgan fingerprint density at radius 3 is 2.65 bits per heavy atom. The minimum Gasteiger partial charge on any atom is -0.370 e. The standard InChI is InChI=1S/C13H25N3.HI/c1-11-4-3-9-16(10-11)13(14)15-8-7-12-5-2-6-12;/h11-12H,2-10H2,1H3,(H2,14,15);1H. The molecule has 3 nitrogen and oxygen atoms in total. The number of aliphatic imine (C=N–C) groups is 1. The molecule has 2 N–H and O–H groups in total. The first kappa shape index (κ1) is 15.1. The van der Waals surface area contributed by atoms with Gasteiger partial charge in [-0.2, -0.15) is 0 Å². The van der Waals surface area contributed by atoms with E-state index in [0.717, 1.165) is 37.4 Å². The average molecular weight is 351 g/mol. The summed E-state index contributed by atoms with van der Waals surface area (Å²) < 4.78 is 0. The monoisotopic (exact) mass is 351 g/mol. The van der Waals surface area contributed by atoms with Crippen LogP contribution in [-0.2, 0) is 0 Å². The SMILES string of the molecule is CC1CCCN(C(N)=NCCC2CCC2)C1.I. The Bertz CT molecular complexity index is 251. The minimum absolute atomic E-state index is 0. The van der Waals surface area contributed by atoms with E-state index in [1.54, 1.807) is 0 Å². The van der Waals surface area contributed by atoms with Crippen LogP contribution in [0.2, 0.25) is 0 Å². The number of piperidine rings is 1. The average Bonchev–Trinajstić information content (AvgIpc) is 2.21. The molecule has 1 atom stereocenters. The van der Waals surface area contributed by atoms with E-state index < -0.39 is 0 Å². The van der Waals surface area contributed by atoms with Crippen molar-refractivity contribution < 1.29 is 0 Å². The predicted octanol–water partition coefficient (Wildman–Crippen LogP) is 2.84. The minimum atomic E-state index is 0. The van der Waals surface area contributed by atoms with Crippen LogP contribution in [0.4, 0.5) is 0 Å². The number of hydrogen-bond acceptors (Lipinski definition) is 1. The van der Waals surface area contributed by atoms with Gasteiger partial charge in [0.2, 0.25) is 0 Å². The lowest BCUT2D eigenvalue weighted by atomic mass is 9.83. The van der Waals surface area contributed by atoms with E-state index in [2.05, 4.69) is 16.8 Å². The summed E-state index contributed by atoms with van der Waals surface area (Å²) in [7, 11) is 0. The topological polar surface area (TPSA) is 41.6 Å². The van der Waals surface area contributed by atoms with Gasteiger partial charge < -0.3 is 10.6 Å². The number of guanidine groups is 1. The molecule has 0 aromatic heterocycles. The van der Waals surface area contributed by atoms with Crippen molar-refractivity contribution in [2.45, 2.75) is 45.4 Å². The summed E-state index contributed by atoms with van der Waals surface area (Å²) in [5, 5.41) is 0. The maximum Gasteiger partial charge on any atom is 0.191 e. The van der Waals surface area contributed by atoms with Crippen molar-refractivity contribution in [3.63, 3.8) is 0 Å². The molecule has 1 saturated heterocycles. The van der Waals surface area contributed by atoms with Crippen LogP contribution in [0.5, 0.6) is 0 Å². The van der Waals surface area contributed by atoms with Gasteiger partial charge in [-0.3, -0.25) is 4.99 Å². The van der Waals surface area contributed by atoms with Gasteiger partial charge in [0.1, 0.15) is 0 Å². The molecule has 1 aliphatic heterocycles. The summed E-state index contributed by atoms with van der Waals surface area (Å²) in [6.45, 7) is 5.43. The van der Waals surface area contributed by atoms with Crippen molar-refractivity contribution in [1.29, 1.82) is 0 Å². The molecule has 0 bridgehead atoms. The van der Waals surface area contributed by atoms with Crippen LogP contribution in [0.3, 0.4) is 0 Å². The van der Waals surface area contributed by atoms with Gasteiger partial charge in [-0.25, -0.2) is 0 Å². The second-order valence-electron chi connectivity index (χ2n) is 5.52. The second-order valence-corrected chi connectivity index (χ2v) is 5.52. The van der Waals surface area contributed by atoms with Crippen LogP contribution in [0.25, 0.3) is 0 Å². The molecule has 0 radical (unpaired) electrons. The summed E-state index contributed by atoms with van der Waals surface area (Å²) in [4.78, 5) is 6.78. The van der Waals surface area contributed by atoms with E-state index in [4.69, 9.17) is 5.73 Å². The number of likely N-dealkylation sites (tertiary alicyclic amines) is 1. The Hall–Kier alpha value is 0. The maximum absolute atomic E-state index is 6.03. The number of nitrogens with zero attached hydrogens (tertiary/aromatic N) is 2. The van der Waals surface area contributed by atoms with Crippen LogP contribution in [0.1, 0.15) is 45.4 Å². The molecule has 2 rings (SSSR count). The Labute approximate surface area is 122 Å². The molecule has 1 aliphatic carbocycles.